The Kier molecular flexibility index (Phi) is 6.50. The van der Waals surface area contributed by atoms with Gasteiger partial charge in [-0.15, -0.1) is 0 Å². The van der Waals surface area contributed by atoms with E-state index in [4.69, 9.17) is 18.0 Å². The second kappa shape index (κ2) is 6.80. The normalized spacial score (nSPS) is 11.1. The molecule has 6 heteroatoms. The van der Waals surface area contributed by atoms with E-state index in [2.05, 4.69) is 0 Å². The number of carbonyl (C=O) groups excluding carboxylic acids is 1. The van der Waals surface area contributed by atoms with Crippen LogP contribution in [0.25, 0.3) is 0 Å². The van der Waals surface area contributed by atoms with Gasteiger partial charge in [-0.25, -0.2) is 4.79 Å². The first-order chi connectivity index (χ1) is 7.42. The molecule has 94 valence electrons. The first-order valence-corrected chi connectivity index (χ1v) is 6.82. The van der Waals surface area contributed by atoms with Crippen LogP contribution in [0.1, 0.15) is 20.8 Å². The third-order valence-electron chi connectivity index (χ3n) is 2.37. The standard InChI is InChI=1S/C10H20O5Si/c1-8(2)9(3)10(11)15-7-16(12-4,13-5)14-6/h7H2,1-6H3. The van der Waals surface area contributed by atoms with Gasteiger partial charge in [-0.05, 0) is 20.8 Å². The molecular formula is C10H20O5Si. The molecule has 0 spiro atoms. The van der Waals surface area contributed by atoms with Gasteiger partial charge in [0.15, 0.2) is 6.23 Å². The monoisotopic (exact) mass is 248 g/mol. The van der Waals surface area contributed by atoms with Crippen LogP contribution in [-0.4, -0.2) is 42.3 Å². The minimum atomic E-state index is -2.83. The molecule has 0 heterocycles. The maximum absolute atomic E-state index is 11.6. The van der Waals surface area contributed by atoms with Gasteiger partial charge in [-0.1, -0.05) is 5.57 Å². The highest BCUT2D eigenvalue weighted by Crippen LogP contribution is 2.09. The van der Waals surface area contributed by atoms with Crippen LogP contribution in [0, 0.1) is 0 Å². The fraction of sp³-hybridized carbons (Fsp3) is 0.700. The summed E-state index contributed by atoms with van der Waals surface area (Å²) in [7, 11) is 1.59. The van der Waals surface area contributed by atoms with E-state index in [9.17, 15) is 4.79 Å². The Balaban J connectivity index is 4.44. The molecule has 5 nitrogen and oxygen atoms in total. The lowest BCUT2D eigenvalue weighted by Gasteiger charge is -2.23. The topological polar surface area (TPSA) is 54.0 Å². The first kappa shape index (κ1) is 15.3. The number of carbonyl (C=O) groups is 1. The molecule has 16 heavy (non-hydrogen) atoms. The number of rotatable bonds is 6. The minimum Gasteiger partial charge on any atom is -0.458 e. The Hall–Kier alpha value is -0.693. The molecule has 0 aromatic heterocycles. The fourth-order valence-electron chi connectivity index (χ4n) is 0.893. The summed E-state index contributed by atoms with van der Waals surface area (Å²) >= 11 is 0. The van der Waals surface area contributed by atoms with Crippen molar-refractivity contribution >= 4 is 14.8 Å². The molecule has 0 fully saturated rings. The van der Waals surface area contributed by atoms with Gasteiger partial charge in [0.1, 0.15) is 0 Å². The minimum absolute atomic E-state index is 0.0138. The van der Waals surface area contributed by atoms with Crippen molar-refractivity contribution in [2.45, 2.75) is 20.8 Å². The van der Waals surface area contributed by atoms with Gasteiger partial charge in [0.25, 0.3) is 0 Å². The van der Waals surface area contributed by atoms with Gasteiger partial charge in [-0.3, -0.25) is 0 Å². The van der Waals surface area contributed by atoms with E-state index < -0.39 is 8.80 Å². The van der Waals surface area contributed by atoms with Crippen molar-refractivity contribution in [1.82, 2.24) is 0 Å². The largest absolute Gasteiger partial charge is 0.539 e. The predicted octanol–water partition coefficient (Wildman–Crippen LogP) is 1.30. The van der Waals surface area contributed by atoms with Gasteiger partial charge < -0.3 is 18.0 Å². The molecule has 0 saturated carbocycles. The van der Waals surface area contributed by atoms with Gasteiger partial charge in [0.2, 0.25) is 0 Å². The summed E-state index contributed by atoms with van der Waals surface area (Å²) in [6.07, 6.45) is 0.0138. The van der Waals surface area contributed by atoms with E-state index in [1.807, 2.05) is 13.8 Å². The fourth-order valence-corrected chi connectivity index (χ4v) is 2.05. The molecule has 0 aliphatic carbocycles. The van der Waals surface area contributed by atoms with Crippen LogP contribution in [0.15, 0.2) is 11.1 Å². The number of hydrogen-bond acceptors (Lipinski definition) is 5. The smallest absolute Gasteiger partial charge is 0.458 e. The summed E-state index contributed by atoms with van der Waals surface area (Å²) < 4.78 is 20.5. The average molecular weight is 248 g/mol. The molecule has 0 amide bonds. The van der Waals surface area contributed by atoms with Gasteiger partial charge in [0.05, 0.1) is 0 Å². The number of esters is 1. The Labute approximate surface area is 97.7 Å². The van der Waals surface area contributed by atoms with Gasteiger partial charge in [-0.2, -0.15) is 0 Å². The molecule has 0 aromatic carbocycles. The van der Waals surface area contributed by atoms with Crippen LogP contribution in [-0.2, 0) is 22.8 Å². The summed E-state index contributed by atoms with van der Waals surface area (Å²) in [6.45, 7) is 5.42. The highest BCUT2D eigenvalue weighted by molar-refractivity contribution is 6.60. The zero-order valence-corrected chi connectivity index (χ0v) is 11.7. The summed E-state index contributed by atoms with van der Waals surface area (Å²) in [5.74, 6) is -0.372. The van der Waals surface area contributed by atoms with Crippen LogP contribution < -0.4 is 0 Å². The number of hydrogen-bond donors (Lipinski definition) is 0. The van der Waals surface area contributed by atoms with Crippen molar-refractivity contribution in [3.05, 3.63) is 11.1 Å². The summed E-state index contributed by atoms with van der Waals surface area (Å²) in [4.78, 5) is 11.6. The van der Waals surface area contributed by atoms with Crippen LogP contribution >= 0.6 is 0 Å². The summed E-state index contributed by atoms with van der Waals surface area (Å²) in [6, 6.07) is 0. The number of ether oxygens (including phenoxy) is 1. The van der Waals surface area contributed by atoms with E-state index >= 15 is 0 Å². The molecule has 0 saturated heterocycles. The van der Waals surface area contributed by atoms with Crippen molar-refractivity contribution in [2.75, 3.05) is 27.6 Å². The quantitative estimate of drug-likeness (QED) is 0.403. The van der Waals surface area contributed by atoms with Gasteiger partial charge >= 0.3 is 14.8 Å². The van der Waals surface area contributed by atoms with Crippen molar-refractivity contribution in [3.63, 3.8) is 0 Å². The SMILES string of the molecule is CO[Si](COC(=O)C(C)=C(C)C)(OC)OC. The molecule has 0 rings (SSSR count). The molecule has 0 aliphatic heterocycles. The van der Waals surface area contributed by atoms with E-state index in [0.29, 0.717) is 5.57 Å². The second-order valence-corrected chi connectivity index (χ2v) is 6.38. The molecule has 0 unspecified atom stereocenters. The Morgan fingerprint density at radius 2 is 1.44 bits per heavy atom. The van der Waals surface area contributed by atoms with Crippen LogP contribution in [0.5, 0.6) is 0 Å². The average Bonchev–Trinajstić information content (AvgIpc) is 2.30. The lowest BCUT2D eigenvalue weighted by atomic mass is 10.2. The third kappa shape index (κ3) is 4.05. The van der Waals surface area contributed by atoms with Gasteiger partial charge in [0, 0.05) is 26.9 Å². The molecule has 0 aliphatic rings. The van der Waals surface area contributed by atoms with E-state index in [1.54, 1.807) is 6.92 Å². The van der Waals surface area contributed by atoms with Crippen LogP contribution in [0.2, 0.25) is 0 Å². The summed E-state index contributed by atoms with van der Waals surface area (Å²) in [5, 5.41) is 0. The maximum atomic E-state index is 11.6. The second-order valence-electron chi connectivity index (χ2n) is 3.50. The molecule has 0 bridgehead atoms. The van der Waals surface area contributed by atoms with Crippen molar-refractivity contribution < 1.29 is 22.8 Å². The highest BCUT2D eigenvalue weighted by Gasteiger charge is 2.40. The van der Waals surface area contributed by atoms with E-state index in [0.717, 1.165) is 5.57 Å². The maximum Gasteiger partial charge on any atom is 0.539 e. The third-order valence-corrected chi connectivity index (χ3v) is 4.73. The zero-order valence-electron chi connectivity index (χ0n) is 10.7. The van der Waals surface area contributed by atoms with Crippen molar-refractivity contribution in [2.24, 2.45) is 0 Å². The van der Waals surface area contributed by atoms with Crippen LogP contribution in [0.4, 0.5) is 0 Å². The molecule has 0 radical (unpaired) electrons. The predicted molar refractivity (Wildman–Crippen MR) is 61.8 cm³/mol. The Morgan fingerprint density at radius 3 is 1.75 bits per heavy atom. The molecular weight excluding hydrogens is 228 g/mol. The zero-order chi connectivity index (χ0) is 12.8. The lowest BCUT2D eigenvalue weighted by Crippen LogP contribution is -2.48. The number of allylic oxidation sites excluding steroid dienone is 1. The van der Waals surface area contributed by atoms with Crippen molar-refractivity contribution in [3.8, 4) is 0 Å². The summed E-state index contributed by atoms with van der Waals surface area (Å²) in [5.41, 5.74) is 1.51. The van der Waals surface area contributed by atoms with Crippen LogP contribution in [0.3, 0.4) is 0 Å². The van der Waals surface area contributed by atoms with E-state index in [-0.39, 0.29) is 12.2 Å². The van der Waals surface area contributed by atoms with E-state index in [1.165, 1.54) is 21.3 Å². The Morgan fingerprint density at radius 1 is 1.00 bits per heavy atom. The van der Waals surface area contributed by atoms with Crippen molar-refractivity contribution in [1.29, 1.82) is 0 Å². The molecule has 0 aromatic rings. The Bertz CT molecular complexity index is 258. The highest BCUT2D eigenvalue weighted by atomic mass is 28.4. The lowest BCUT2D eigenvalue weighted by molar-refractivity contribution is -0.138. The molecule has 0 atom stereocenters. The molecule has 0 N–H and O–H groups in total. The first-order valence-electron chi connectivity index (χ1n) is 4.89.